The molecule has 3 heterocycles. The number of carbonyl (C=O) groups is 11. The van der Waals surface area contributed by atoms with Gasteiger partial charge in [-0.15, -0.1) is 0 Å². The average molecular weight is 2060 g/mol. The van der Waals surface area contributed by atoms with Crippen molar-refractivity contribution in [1.82, 2.24) is 0 Å². The summed E-state index contributed by atoms with van der Waals surface area (Å²) in [5.74, 6) is 6.77. The Labute approximate surface area is 887 Å². The molecule has 20 rings (SSSR count). The average Bonchev–Trinajstić information content (AvgIpc) is 1.69. The van der Waals surface area contributed by atoms with E-state index in [1.54, 1.807) is 27.7 Å². The molecule has 0 aromatic rings. The molecule has 17 aliphatic carbocycles. The molecule has 144 heavy (non-hydrogen) atoms. The van der Waals surface area contributed by atoms with E-state index in [-0.39, 0.29) is 273 Å². The highest BCUT2D eigenvalue weighted by Crippen LogP contribution is 2.67. The van der Waals surface area contributed by atoms with Crippen molar-refractivity contribution in [2.75, 3.05) is 0 Å². The number of hydrogen-bond acceptors (Lipinski definition) is 22. The van der Waals surface area contributed by atoms with Crippen molar-refractivity contribution in [3.05, 3.63) is 0 Å². The molecule has 17 saturated carbocycles. The molecule has 0 aromatic carbocycles. The third kappa shape index (κ3) is 30.4. The zero-order chi connectivity index (χ0) is 93.1. The largest absolute Gasteiger partial charge is 0.459 e. The fraction of sp³-hybridized carbons (Fsp3) is 0.910. The Kier molecular flexibility index (Phi) is 57.6. The van der Waals surface area contributed by atoms with Crippen LogP contribution in [0.5, 0.6) is 0 Å². The van der Waals surface area contributed by atoms with Gasteiger partial charge in [-0.2, -0.15) is 0 Å². The number of ether oxygens (including phenoxy) is 11. The lowest BCUT2D eigenvalue weighted by Crippen LogP contribution is -2.58. The van der Waals surface area contributed by atoms with Gasteiger partial charge in [-0.1, -0.05) is 175 Å². The lowest BCUT2D eigenvalue weighted by Gasteiger charge is -2.61. The highest BCUT2D eigenvalue weighted by Gasteiger charge is 2.67. The van der Waals surface area contributed by atoms with Gasteiger partial charge in [-0.25, -0.2) is 9.59 Å². The SMILES string of the molecule is C.C.C.C.C.C.C.C.C.C.C.C.C.C.C.C.C.C.CCC(C)(C)C(=O)OC(C)(C)C(=O)OC1C2CC3C(=O)OC1C3C2.CCC(C)(C)C(=O)OC(C)(C)C(=O)OC1CCC2CC1OC2=O.CCC(C)(C)C(=O)OC(C)(C)C12CC3CC(CC(C3)C1)C2.CCC(C)(C)C(=O)OC(C)(C)C12CC3CC(CC(C3)C1)C2.CCC(C)(C)C(=O)OC1(C)C2CC3CC(C2)CC1C3.CCC(C)(C)C(=O)OC1C2CC3C(=O)OC1C3C2. The molecule has 0 N–H and O–H groups in total. The van der Waals surface area contributed by atoms with Gasteiger partial charge in [-0.05, 0) is 391 Å². The third-order valence-electron chi connectivity index (χ3n) is 36.6. The number of esters is 11. The summed E-state index contributed by atoms with van der Waals surface area (Å²) in [5, 5.41) is 0. The molecule has 3 saturated heterocycles. The summed E-state index contributed by atoms with van der Waals surface area (Å²) in [6.07, 6.45) is 30.7. The van der Waals surface area contributed by atoms with E-state index in [1.807, 2.05) is 76.2 Å². The van der Waals surface area contributed by atoms with Crippen molar-refractivity contribution in [3.8, 4) is 0 Å². The summed E-state index contributed by atoms with van der Waals surface area (Å²) < 4.78 is 62.0. The van der Waals surface area contributed by atoms with Crippen molar-refractivity contribution in [1.29, 1.82) is 0 Å². The number of carbonyl (C=O) groups excluding carboxylic acids is 11. The molecule has 22 heteroatoms. The van der Waals surface area contributed by atoms with Gasteiger partial charge in [-0.3, -0.25) is 43.2 Å². The highest BCUT2D eigenvalue weighted by atomic mass is 16.6. The fourth-order valence-corrected chi connectivity index (χ4v) is 25.7. The van der Waals surface area contributed by atoms with Gasteiger partial charge in [0.25, 0.3) is 0 Å². The molecule has 20 aliphatic rings. The Hall–Kier alpha value is -5.83. The second-order valence-electron chi connectivity index (χ2n) is 49.3. The van der Waals surface area contributed by atoms with Crippen LogP contribution in [0.2, 0.25) is 0 Å². The summed E-state index contributed by atoms with van der Waals surface area (Å²) in [7, 11) is 0. The minimum atomic E-state index is -1.37. The maximum absolute atomic E-state index is 12.6. The van der Waals surface area contributed by atoms with Gasteiger partial charge in [0.2, 0.25) is 11.2 Å². The van der Waals surface area contributed by atoms with E-state index in [2.05, 4.69) is 55.4 Å². The zero-order valence-corrected chi connectivity index (χ0v) is 82.5. The van der Waals surface area contributed by atoms with Crippen LogP contribution in [0.4, 0.5) is 0 Å². The van der Waals surface area contributed by atoms with Crippen LogP contribution in [-0.2, 0) is 105 Å². The third-order valence-corrected chi connectivity index (χ3v) is 36.6. The van der Waals surface area contributed by atoms with Crippen LogP contribution >= 0.6 is 0 Å². The van der Waals surface area contributed by atoms with E-state index in [4.69, 9.17) is 52.1 Å². The van der Waals surface area contributed by atoms with Gasteiger partial charge in [0.15, 0.2) is 0 Å². The van der Waals surface area contributed by atoms with Crippen molar-refractivity contribution in [3.63, 3.8) is 0 Å². The van der Waals surface area contributed by atoms with Crippen LogP contribution in [0.25, 0.3) is 0 Å². The van der Waals surface area contributed by atoms with Crippen molar-refractivity contribution in [2.24, 2.45) is 144 Å². The predicted octanol–water partition coefficient (Wildman–Crippen LogP) is 32.1. The Morgan fingerprint density at radius 1 is 0.292 bits per heavy atom. The smallest absolute Gasteiger partial charge is 0.350 e. The first-order valence-electron chi connectivity index (χ1n) is 49.7. The summed E-state index contributed by atoms with van der Waals surface area (Å²) >= 11 is 0. The highest BCUT2D eigenvalue weighted by molar-refractivity contribution is 5.86. The Balaban J connectivity index is -0.000000306. The predicted molar refractivity (Wildman–Crippen MR) is 595 cm³/mol. The molecule has 0 radical (unpaired) electrons. The summed E-state index contributed by atoms with van der Waals surface area (Å²) in [6, 6.07) is 0. The van der Waals surface area contributed by atoms with E-state index in [0.29, 0.717) is 55.8 Å². The quantitative estimate of drug-likeness (QED) is 0.0641. The molecule has 22 nitrogen and oxygen atoms in total. The second kappa shape index (κ2) is 54.9. The Bertz CT molecular complexity index is 3870. The molecule has 0 spiro atoms. The molecule has 856 valence electrons. The van der Waals surface area contributed by atoms with Crippen LogP contribution in [0.1, 0.15) is 513 Å². The summed E-state index contributed by atoms with van der Waals surface area (Å²) in [5.41, 5.74) is -5.86. The van der Waals surface area contributed by atoms with Gasteiger partial charge >= 0.3 is 65.7 Å². The van der Waals surface area contributed by atoms with Crippen LogP contribution < -0.4 is 0 Å². The summed E-state index contributed by atoms with van der Waals surface area (Å²) in [6.45, 7) is 52.0. The first-order chi connectivity index (χ1) is 58.3. The Morgan fingerprint density at radius 2 is 0.556 bits per heavy atom. The number of fused-ring (bicyclic) bond motifs is 4. The van der Waals surface area contributed by atoms with Crippen LogP contribution in [0, 0.1) is 144 Å². The molecule has 13 atom stereocenters. The molecule has 13 unspecified atom stereocenters. The number of rotatable bonds is 24. The minimum absolute atomic E-state index is 0. The lowest BCUT2D eigenvalue weighted by molar-refractivity contribution is -0.211. The molecule has 0 amide bonds. The van der Waals surface area contributed by atoms with Crippen molar-refractivity contribution >= 4 is 65.7 Å². The van der Waals surface area contributed by atoms with Crippen LogP contribution in [-0.4, -0.2) is 130 Å². The van der Waals surface area contributed by atoms with Gasteiger partial charge in [0, 0.05) is 40.9 Å². The van der Waals surface area contributed by atoms with E-state index in [0.717, 1.165) is 98.7 Å². The molecule has 20 fully saturated rings. The topological polar surface area (TPSA) is 289 Å². The molecule has 0 aromatic heterocycles. The normalized spacial score (nSPS) is 32.3. The molecule has 18 bridgehead atoms. The first-order valence-corrected chi connectivity index (χ1v) is 49.7. The summed E-state index contributed by atoms with van der Waals surface area (Å²) in [4.78, 5) is 134. The van der Waals surface area contributed by atoms with Crippen molar-refractivity contribution in [2.45, 2.75) is 578 Å². The van der Waals surface area contributed by atoms with Gasteiger partial charge in [0.1, 0.15) is 53.4 Å². The monoisotopic (exact) mass is 2050 g/mol. The van der Waals surface area contributed by atoms with Crippen molar-refractivity contribution < 1.29 is 105 Å². The minimum Gasteiger partial charge on any atom is -0.459 e. The molecule has 3 aliphatic heterocycles. The fourth-order valence-electron chi connectivity index (χ4n) is 25.7. The second-order valence-corrected chi connectivity index (χ2v) is 49.3. The zero-order valence-electron chi connectivity index (χ0n) is 82.5. The van der Waals surface area contributed by atoms with Gasteiger partial charge < -0.3 is 52.1 Å². The van der Waals surface area contributed by atoms with Gasteiger partial charge in [0.05, 0.1) is 50.2 Å². The van der Waals surface area contributed by atoms with E-state index < -0.39 is 63.5 Å². The first kappa shape index (κ1) is 151. The van der Waals surface area contributed by atoms with Crippen LogP contribution in [0.3, 0.4) is 0 Å². The molecular formula is C122H236O22. The van der Waals surface area contributed by atoms with E-state index >= 15 is 0 Å². The maximum Gasteiger partial charge on any atom is 0.350 e. The maximum atomic E-state index is 12.6. The Morgan fingerprint density at radius 3 is 0.854 bits per heavy atom. The van der Waals surface area contributed by atoms with E-state index in [1.165, 1.54) is 137 Å². The van der Waals surface area contributed by atoms with E-state index in [9.17, 15) is 52.7 Å². The number of hydrogen-bond donors (Lipinski definition) is 0. The standard InChI is InChI=1S/2C19H32O2.C18H26O6.C17H26O6.C17H28O2.C14H20O4.18CH4/c2*1-6-17(2,3)16(20)21-18(4,5)19-10-13-7-14(11-19)9-15(8-13)12-19;1-6-17(2,3)15(20)24-18(4,5)16(21)23-12-9-7-10-11(8-9)14(19)22-13(10)12;1-6-16(2,3)14(19)23-17(4,5)15(20)22-11-8-7-10-9-12(11)21-13(10)18;1-5-16(2,3)15(18)19-17(4)13-7-11-6-12(9-13)10-14(17)8-11;1-4-14(2,3)13(16)18-10-7-5-8-9(6-7)12(15)17-11(8)10;;;;;;;;;;;;;;;;;;/h2*13-15H,6-12H2,1-5H3;9-13H,6-8H2,1-5H3;10-12H,6-9H2,1-5H3;11-14H,5-10H2,1-4H3;7-11H,4-6H2,1-3H3;18*1H4. The lowest BCUT2D eigenvalue weighted by atomic mass is 9.46. The van der Waals surface area contributed by atoms with Crippen LogP contribution in [0.15, 0.2) is 0 Å². The molecular weight excluding hydrogens is 1820 g/mol.